The second kappa shape index (κ2) is 5.94. The van der Waals surface area contributed by atoms with Crippen molar-refractivity contribution in [1.82, 2.24) is 5.32 Å². The third-order valence-electron chi connectivity index (χ3n) is 3.62. The zero-order valence-corrected chi connectivity index (χ0v) is 12.1. The lowest BCUT2D eigenvalue weighted by atomic mass is 9.92. The lowest BCUT2D eigenvalue weighted by molar-refractivity contribution is 0.0973. The smallest absolute Gasteiger partial charge is 0.120 e. The third-order valence-corrected chi connectivity index (χ3v) is 4.05. The molecule has 0 saturated carbocycles. The van der Waals surface area contributed by atoms with E-state index in [9.17, 15) is 0 Å². The summed E-state index contributed by atoms with van der Waals surface area (Å²) in [6.07, 6.45) is 1.48. The van der Waals surface area contributed by atoms with Crippen molar-refractivity contribution in [2.75, 3.05) is 13.1 Å². The molecule has 0 spiro atoms. The van der Waals surface area contributed by atoms with E-state index < -0.39 is 0 Å². The summed E-state index contributed by atoms with van der Waals surface area (Å²) in [6.45, 7) is 8.64. The summed E-state index contributed by atoms with van der Waals surface area (Å²) in [5.74, 6) is 2.06. The van der Waals surface area contributed by atoms with Crippen LogP contribution in [0, 0.1) is 18.8 Å². The molecule has 1 aromatic carbocycles. The zero-order chi connectivity index (χ0) is 13.1. The molecule has 0 aliphatic carbocycles. The Kier molecular flexibility index (Phi) is 4.52. The van der Waals surface area contributed by atoms with Gasteiger partial charge in [0.15, 0.2) is 0 Å². The SMILES string of the molecule is Cc1cc(O[C@@H](C(C)C)C2CCNC2)ccc1Cl. The Labute approximate surface area is 115 Å². The van der Waals surface area contributed by atoms with Gasteiger partial charge in [0, 0.05) is 17.5 Å². The second-order valence-corrected chi connectivity index (χ2v) is 5.90. The van der Waals surface area contributed by atoms with Crippen LogP contribution in [-0.4, -0.2) is 19.2 Å². The molecule has 1 unspecified atom stereocenters. The van der Waals surface area contributed by atoms with Gasteiger partial charge >= 0.3 is 0 Å². The molecule has 1 saturated heterocycles. The van der Waals surface area contributed by atoms with Gasteiger partial charge in [-0.2, -0.15) is 0 Å². The number of halogens is 1. The Morgan fingerprint density at radius 1 is 1.39 bits per heavy atom. The van der Waals surface area contributed by atoms with Gasteiger partial charge < -0.3 is 10.1 Å². The summed E-state index contributed by atoms with van der Waals surface area (Å²) in [4.78, 5) is 0. The highest BCUT2D eigenvalue weighted by molar-refractivity contribution is 6.31. The molecule has 0 amide bonds. The van der Waals surface area contributed by atoms with Crippen molar-refractivity contribution in [3.8, 4) is 5.75 Å². The van der Waals surface area contributed by atoms with Crippen LogP contribution in [0.15, 0.2) is 18.2 Å². The number of rotatable bonds is 4. The molecule has 18 heavy (non-hydrogen) atoms. The van der Waals surface area contributed by atoms with Gasteiger partial charge in [-0.15, -0.1) is 0 Å². The van der Waals surface area contributed by atoms with Gasteiger partial charge in [0.25, 0.3) is 0 Å². The largest absolute Gasteiger partial charge is 0.490 e. The number of nitrogens with one attached hydrogen (secondary N) is 1. The molecule has 1 N–H and O–H groups in total. The topological polar surface area (TPSA) is 21.3 Å². The minimum absolute atomic E-state index is 0.278. The molecule has 1 aromatic rings. The Hall–Kier alpha value is -0.730. The molecule has 2 nitrogen and oxygen atoms in total. The third kappa shape index (κ3) is 3.18. The lowest BCUT2D eigenvalue weighted by Crippen LogP contribution is -2.33. The van der Waals surface area contributed by atoms with Crippen LogP contribution in [0.25, 0.3) is 0 Å². The molecule has 100 valence electrons. The molecule has 2 rings (SSSR count). The molecule has 1 fully saturated rings. The highest BCUT2D eigenvalue weighted by Crippen LogP contribution is 2.27. The van der Waals surface area contributed by atoms with Crippen LogP contribution < -0.4 is 10.1 Å². The fourth-order valence-corrected chi connectivity index (χ4v) is 2.70. The van der Waals surface area contributed by atoms with Crippen molar-refractivity contribution in [2.24, 2.45) is 11.8 Å². The van der Waals surface area contributed by atoms with E-state index in [0.29, 0.717) is 11.8 Å². The molecule has 1 aliphatic rings. The molecule has 0 aromatic heterocycles. The predicted octanol–water partition coefficient (Wildman–Crippen LogP) is 3.66. The fraction of sp³-hybridized carbons (Fsp3) is 0.600. The van der Waals surface area contributed by atoms with E-state index in [0.717, 1.165) is 29.4 Å². The highest BCUT2D eigenvalue weighted by atomic mass is 35.5. The van der Waals surface area contributed by atoms with Crippen molar-refractivity contribution in [3.63, 3.8) is 0 Å². The zero-order valence-electron chi connectivity index (χ0n) is 11.4. The quantitative estimate of drug-likeness (QED) is 0.899. The average Bonchev–Trinajstić information content (AvgIpc) is 2.83. The van der Waals surface area contributed by atoms with E-state index in [2.05, 4.69) is 19.2 Å². The van der Waals surface area contributed by atoms with Crippen LogP contribution in [-0.2, 0) is 0 Å². The molecular formula is C15H22ClNO. The standard InChI is InChI=1S/C15H22ClNO/c1-10(2)15(12-6-7-17-9-12)18-13-4-5-14(16)11(3)8-13/h4-5,8,10,12,15,17H,6-7,9H2,1-3H3/t12?,15-/m0/s1. The molecule has 0 radical (unpaired) electrons. The van der Waals surface area contributed by atoms with Crippen molar-refractivity contribution < 1.29 is 4.74 Å². The lowest BCUT2D eigenvalue weighted by Gasteiger charge is -2.28. The van der Waals surface area contributed by atoms with Crippen molar-refractivity contribution in [3.05, 3.63) is 28.8 Å². The fourth-order valence-electron chi connectivity index (χ4n) is 2.58. The van der Waals surface area contributed by atoms with E-state index in [-0.39, 0.29) is 6.10 Å². The maximum Gasteiger partial charge on any atom is 0.120 e. The summed E-state index contributed by atoms with van der Waals surface area (Å²) in [7, 11) is 0. The highest BCUT2D eigenvalue weighted by Gasteiger charge is 2.29. The second-order valence-electron chi connectivity index (χ2n) is 5.49. The van der Waals surface area contributed by atoms with Crippen molar-refractivity contribution in [1.29, 1.82) is 0 Å². The van der Waals surface area contributed by atoms with Crippen LogP contribution in [0.5, 0.6) is 5.75 Å². The summed E-state index contributed by atoms with van der Waals surface area (Å²) in [5.41, 5.74) is 1.07. The van der Waals surface area contributed by atoms with Gasteiger partial charge in [-0.1, -0.05) is 25.4 Å². The van der Waals surface area contributed by atoms with Crippen LogP contribution in [0.1, 0.15) is 25.8 Å². The van der Waals surface area contributed by atoms with Crippen LogP contribution in [0.4, 0.5) is 0 Å². The maximum absolute atomic E-state index is 6.20. The summed E-state index contributed by atoms with van der Waals surface area (Å²) >= 11 is 6.04. The number of aryl methyl sites for hydroxylation is 1. The Morgan fingerprint density at radius 3 is 2.72 bits per heavy atom. The van der Waals surface area contributed by atoms with E-state index >= 15 is 0 Å². The van der Waals surface area contributed by atoms with E-state index in [1.165, 1.54) is 6.42 Å². The van der Waals surface area contributed by atoms with Crippen LogP contribution in [0.2, 0.25) is 5.02 Å². The molecule has 2 atom stereocenters. The van der Waals surface area contributed by atoms with Crippen LogP contribution in [0.3, 0.4) is 0 Å². The van der Waals surface area contributed by atoms with Gasteiger partial charge in [0.1, 0.15) is 11.9 Å². The molecule has 1 aliphatic heterocycles. The minimum atomic E-state index is 0.278. The van der Waals surface area contributed by atoms with Gasteiger partial charge in [-0.3, -0.25) is 0 Å². The average molecular weight is 268 g/mol. The van der Waals surface area contributed by atoms with E-state index in [4.69, 9.17) is 16.3 Å². The van der Waals surface area contributed by atoms with Gasteiger partial charge in [0.05, 0.1) is 0 Å². The van der Waals surface area contributed by atoms with Gasteiger partial charge in [-0.05, 0) is 49.6 Å². The maximum atomic E-state index is 6.20. The van der Waals surface area contributed by atoms with E-state index in [1.807, 2.05) is 25.1 Å². The monoisotopic (exact) mass is 267 g/mol. The summed E-state index contributed by atoms with van der Waals surface area (Å²) < 4.78 is 6.20. The van der Waals surface area contributed by atoms with Gasteiger partial charge in [-0.25, -0.2) is 0 Å². The first-order valence-electron chi connectivity index (χ1n) is 6.71. The first kappa shape index (κ1) is 13.7. The normalized spacial score (nSPS) is 21.3. The Bertz CT molecular complexity index is 399. The van der Waals surface area contributed by atoms with Crippen molar-refractivity contribution in [2.45, 2.75) is 33.3 Å². The molecular weight excluding hydrogens is 246 g/mol. The first-order chi connectivity index (χ1) is 8.58. The number of benzene rings is 1. The predicted molar refractivity (Wildman–Crippen MR) is 76.4 cm³/mol. The Balaban J connectivity index is 2.10. The minimum Gasteiger partial charge on any atom is -0.490 e. The summed E-state index contributed by atoms with van der Waals surface area (Å²) in [5, 5.41) is 4.21. The molecule has 3 heteroatoms. The first-order valence-corrected chi connectivity index (χ1v) is 7.09. The van der Waals surface area contributed by atoms with Crippen LogP contribution >= 0.6 is 11.6 Å². The molecule has 1 heterocycles. The summed E-state index contributed by atoms with van der Waals surface area (Å²) in [6, 6.07) is 5.91. The van der Waals surface area contributed by atoms with Gasteiger partial charge in [0.2, 0.25) is 0 Å². The van der Waals surface area contributed by atoms with Crippen molar-refractivity contribution >= 4 is 11.6 Å². The number of ether oxygens (including phenoxy) is 1. The number of hydrogen-bond donors (Lipinski definition) is 1. The molecule has 0 bridgehead atoms. The number of hydrogen-bond acceptors (Lipinski definition) is 2. The Morgan fingerprint density at radius 2 is 2.17 bits per heavy atom. The van der Waals surface area contributed by atoms with E-state index in [1.54, 1.807) is 0 Å².